The molecule has 2 nitrogen and oxygen atoms in total. The lowest BCUT2D eigenvalue weighted by Crippen LogP contribution is -2.40. The van der Waals surface area contributed by atoms with Gasteiger partial charge in [0, 0.05) is 28.5 Å². The van der Waals surface area contributed by atoms with Crippen LogP contribution in [-0.4, -0.2) is 29.3 Å². The Kier molecular flexibility index (Phi) is 4.91. The van der Waals surface area contributed by atoms with Crippen molar-refractivity contribution in [2.45, 2.75) is 32.1 Å². The topological polar surface area (TPSA) is 20.3 Å². The third-order valence-corrected chi connectivity index (χ3v) is 5.13. The zero-order valence-corrected chi connectivity index (χ0v) is 13.7. The number of likely N-dealkylation sites (tertiary alicyclic amines) is 1. The number of hydrogen-bond acceptors (Lipinski definition) is 1. The first-order chi connectivity index (χ1) is 8.99. The lowest BCUT2D eigenvalue weighted by molar-refractivity contribution is 0.0690. The molecular weight excluding hydrogens is 326 g/mol. The van der Waals surface area contributed by atoms with Crippen molar-refractivity contribution in [3.8, 4) is 0 Å². The smallest absolute Gasteiger partial charge is 0.253 e. The maximum absolute atomic E-state index is 12.4. The van der Waals surface area contributed by atoms with Crippen molar-refractivity contribution in [2.24, 2.45) is 5.92 Å². The van der Waals surface area contributed by atoms with Crippen LogP contribution < -0.4 is 0 Å². The molecule has 4 heteroatoms. The van der Waals surface area contributed by atoms with Crippen LogP contribution in [0.4, 0.5) is 0 Å². The summed E-state index contributed by atoms with van der Waals surface area (Å²) in [4.78, 5) is 14.4. The molecule has 0 radical (unpaired) electrons. The van der Waals surface area contributed by atoms with Crippen LogP contribution in [-0.2, 0) is 0 Å². The van der Waals surface area contributed by atoms with Gasteiger partial charge in [0.2, 0.25) is 0 Å². The maximum Gasteiger partial charge on any atom is 0.253 e. The van der Waals surface area contributed by atoms with Crippen molar-refractivity contribution < 1.29 is 4.79 Å². The van der Waals surface area contributed by atoms with Gasteiger partial charge < -0.3 is 4.90 Å². The molecule has 1 heterocycles. The van der Waals surface area contributed by atoms with Crippen LogP contribution >= 0.6 is 27.5 Å². The number of rotatable bonds is 2. The van der Waals surface area contributed by atoms with Gasteiger partial charge >= 0.3 is 0 Å². The molecule has 1 atom stereocenters. The average molecular weight is 345 g/mol. The van der Waals surface area contributed by atoms with E-state index in [4.69, 9.17) is 11.6 Å². The van der Waals surface area contributed by atoms with Crippen LogP contribution in [0.2, 0.25) is 0 Å². The number of carbonyl (C=O) groups excluding carboxylic acids is 1. The Morgan fingerprint density at radius 1 is 1.42 bits per heavy atom. The minimum Gasteiger partial charge on any atom is -0.339 e. The molecule has 1 aromatic carbocycles. The predicted octanol–water partition coefficient (Wildman–Crippen LogP) is 4.24. The second-order valence-electron chi connectivity index (χ2n) is 5.27. The van der Waals surface area contributed by atoms with Crippen molar-refractivity contribution in [3.63, 3.8) is 0 Å². The summed E-state index contributed by atoms with van der Waals surface area (Å²) < 4.78 is 1.04. The number of halogens is 2. The first-order valence-corrected chi connectivity index (χ1v) is 7.91. The molecule has 0 spiro atoms. The number of alkyl halides is 1. The Bertz CT molecular complexity index is 467. The van der Waals surface area contributed by atoms with Crippen LogP contribution in [0.25, 0.3) is 0 Å². The monoisotopic (exact) mass is 343 g/mol. The van der Waals surface area contributed by atoms with Crippen molar-refractivity contribution in [2.75, 3.05) is 13.1 Å². The number of amides is 1. The van der Waals surface area contributed by atoms with Gasteiger partial charge in [-0.1, -0.05) is 15.9 Å². The molecule has 2 rings (SSSR count). The third kappa shape index (κ3) is 3.51. The minimum atomic E-state index is 0.135. The zero-order chi connectivity index (χ0) is 14.0. The Labute approximate surface area is 128 Å². The average Bonchev–Trinajstić information content (AvgIpc) is 2.41. The van der Waals surface area contributed by atoms with Crippen molar-refractivity contribution in [1.29, 1.82) is 0 Å². The van der Waals surface area contributed by atoms with Crippen molar-refractivity contribution >= 4 is 33.4 Å². The summed E-state index contributed by atoms with van der Waals surface area (Å²) in [7, 11) is 0. The first-order valence-electron chi connectivity index (χ1n) is 6.68. The molecule has 0 bridgehead atoms. The summed E-state index contributed by atoms with van der Waals surface area (Å²) in [6, 6.07) is 5.77. The van der Waals surface area contributed by atoms with E-state index in [0.717, 1.165) is 41.5 Å². The van der Waals surface area contributed by atoms with E-state index in [0.29, 0.717) is 5.92 Å². The van der Waals surface area contributed by atoms with Gasteiger partial charge in [0.25, 0.3) is 5.91 Å². The van der Waals surface area contributed by atoms with Crippen LogP contribution in [0.15, 0.2) is 22.7 Å². The molecule has 19 heavy (non-hydrogen) atoms. The molecule has 1 aromatic rings. The number of aryl methyl sites for hydroxylation is 1. The molecular formula is C15H19BrClNO. The highest BCUT2D eigenvalue weighted by Gasteiger charge is 2.26. The van der Waals surface area contributed by atoms with Gasteiger partial charge in [-0.05, 0) is 56.4 Å². The molecule has 0 aromatic heterocycles. The highest BCUT2D eigenvalue weighted by Crippen LogP contribution is 2.25. The quantitative estimate of drug-likeness (QED) is 0.735. The highest BCUT2D eigenvalue weighted by molar-refractivity contribution is 9.10. The number of piperidine rings is 1. The summed E-state index contributed by atoms with van der Waals surface area (Å²) in [6.07, 6.45) is 2.01. The summed E-state index contributed by atoms with van der Waals surface area (Å²) in [5.41, 5.74) is 1.87. The molecule has 1 unspecified atom stereocenters. The van der Waals surface area contributed by atoms with Gasteiger partial charge in [-0.25, -0.2) is 0 Å². The van der Waals surface area contributed by atoms with Crippen LogP contribution in [0.3, 0.4) is 0 Å². The Morgan fingerprint density at radius 3 is 2.58 bits per heavy atom. The molecule has 0 N–H and O–H groups in total. The normalized spacial score (nSPS) is 18.4. The number of hydrogen-bond donors (Lipinski definition) is 0. The van der Waals surface area contributed by atoms with Gasteiger partial charge in [0.1, 0.15) is 0 Å². The van der Waals surface area contributed by atoms with E-state index < -0.39 is 0 Å². The van der Waals surface area contributed by atoms with Gasteiger partial charge in [0.15, 0.2) is 0 Å². The molecule has 1 amide bonds. The molecule has 1 saturated heterocycles. The zero-order valence-electron chi connectivity index (χ0n) is 11.3. The van der Waals surface area contributed by atoms with Gasteiger partial charge in [-0.2, -0.15) is 0 Å². The van der Waals surface area contributed by atoms with E-state index in [1.807, 2.05) is 36.9 Å². The summed E-state index contributed by atoms with van der Waals surface area (Å²) in [5, 5.41) is 0.201. The predicted molar refractivity (Wildman–Crippen MR) is 82.8 cm³/mol. The van der Waals surface area contributed by atoms with Crippen molar-refractivity contribution in [3.05, 3.63) is 33.8 Å². The molecule has 1 aliphatic heterocycles. The SMILES string of the molecule is Cc1cc(C(=O)N2CCC(C(C)Cl)CC2)ccc1Br. The van der Waals surface area contributed by atoms with Crippen LogP contribution in [0, 0.1) is 12.8 Å². The summed E-state index contributed by atoms with van der Waals surface area (Å²) >= 11 is 9.59. The second kappa shape index (κ2) is 6.27. The van der Waals surface area contributed by atoms with Crippen LogP contribution in [0.5, 0.6) is 0 Å². The Morgan fingerprint density at radius 2 is 2.05 bits per heavy atom. The molecule has 104 valence electrons. The second-order valence-corrected chi connectivity index (χ2v) is 6.81. The fourth-order valence-corrected chi connectivity index (χ4v) is 3.02. The number of nitrogens with zero attached hydrogens (tertiary/aromatic N) is 1. The van der Waals surface area contributed by atoms with E-state index in [1.165, 1.54) is 0 Å². The standard InChI is InChI=1S/C15H19BrClNO/c1-10-9-13(3-4-14(10)16)15(19)18-7-5-12(6-8-18)11(2)17/h3-4,9,11-12H,5-8H2,1-2H3. The number of carbonyl (C=O) groups is 1. The molecule has 1 fully saturated rings. The summed E-state index contributed by atoms with van der Waals surface area (Å²) in [5.74, 6) is 0.675. The largest absolute Gasteiger partial charge is 0.339 e. The molecule has 0 saturated carbocycles. The van der Waals surface area contributed by atoms with E-state index in [-0.39, 0.29) is 11.3 Å². The Balaban J connectivity index is 2.03. The van der Waals surface area contributed by atoms with Gasteiger partial charge in [0.05, 0.1) is 0 Å². The minimum absolute atomic E-state index is 0.135. The lowest BCUT2D eigenvalue weighted by atomic mass is 9.93. The fraction of sp³-hybridized carbons (Fsp3) is 0.533. The van der Waals surface area contributed by atoms with E-state index >= 15 is 0 Å². The lowest BCUT2D eigenvalue weighted by Gasteiger charge is -2.33. The van der Waals surface area contributed by atoms with E-state index in [1.54, 1.807) is 0 Å². The van der Waals surface area contributed by atoms with E-state index in [2.05, 4.69) is 15.9 Å². The van der Waals surface area contributed by atoms with Gasteiger partial charge in [-0.3, -0.25) is 4.79 Å². The third-order valence-electron chi connectivity index (χ3n) is 3.88. The fourth-order valence-electron chi connectivity index (χ4n) is 2.52. The van der Waals surface area contributed by atoms with Gasteiger partial charge in [-0.15, -0.1) is 11.6 Å². The first kappa shape index (κ1) is 14.9. The molecule has 1 aliphatic rings. The maximum atomic E-state index is 12.4. The Hall–Kier alpha value is -0.540. The molecule has 0 aliphatic carbocycles. The number of benzene rings is 1. The van der Waals surface area contributed by atoms with Crippen molar-refractivity contribution in [1.82, 2.24) is 4.90 Å². The highest BCUT2D eigenvalue weighted by atomic mass is 79.9. The summed E-state index contributed by atoms with van der Waals surface area (Å²) in [6.45, 7) is 5.68. The van der Waals surface area contributed by atoms with Crippen LogP contribution in [0.1, 0.15) is 35.7 Å². The van der Waals surface area contributed by atoms with E-state index in [9.17, 15) is 4.79 Å².